The zero-order valence-electron chi connectivity index (χ0n) is 17.4. The van der Waals surface area contributed by atoms with Crippen LogP contribution in [0.2, 0.25) is 18.1 Å². The molecule has 0 unspecified atom stereocenters. The molecule has 0 saturated carbocycles. The van der Waals surface area contributed by atoms with Gasteiger partial charge in [-0.05, 0) is 60.7 Å². The standard InChI is InChI=1S/C22H34O3Si/c1-9-14-22(6)19-12-11-18(25-26(7,8)21(3,4)5)15-17(19)10-13-20(22)24-16(2)23/h9,11-12,15,20H,1,10,13-14H2,2-8H3/t20-,22-/m1/s1. The largest absolute Gasteiger partial charge is 0.543 e. The first-order valence-electron chi connectivity index (χ1n) is 9.51. The Balaban J connectivity index is 2.38. The minimum absolute atomic E-state index is 0.113. The van der Waals surface area contributed by atoms with Crippen molar-refractivity contribution in [2.24, 2.45) is 0 Å². The van der Waals surface area contributed by atoms with Crippen molar-refractivity contribution in [3.8, 4) is 5.75 Å². The van der Waals surface area contributed by atoms with Crippen molar-refractivity contribution < 1.29 is 14.0 Å². The number of carbonyl (C=O) groups is 1. The van der Waals surface area contributed by atoms with Crippen molar-refractivity contribution in [1.29, 1.82) is 0 Å². The Labute approximate surface area is 159 Å². The number of aryl methyl sites for hydroxylation is 1. The van der Waals surface area contributed by atoms with E-state index in [2.05, 4.69) is 65.6 Å². The molecule has 0 radical (unpaired) electrons. The average molecular weight is 375 g/mol. The van der Waals surface area contributed by atoms with E-state index in [1.54, 1.807) is 0 Å². The second kappa shape index (κ2) is 7.22. The van der Waals surface area contributed by atoms with E-state index in [4.69, 9.17) is 9.16 Å². The maximum atomic E-state index is 11.6. The lowest BCUT2D eigenvalue weighted by atomic mass is 9.67. The molecule has 4 heteroatoms. The molecule has 0 spiro atoms. The van der Waals surface area contributed by atoms with Crippen molar-refractivity contribution in [1.82, 2.24) is 0 Å². The number of hydrogen-bond acceptors (Lipinski definition) is 3. The van der Waals surface area contributed by atoms with E-state index in [0.29, 0.717) is 0 Å². The Hall–Kier alpha value is -1.55. The molecule has 1 aromatic carbocycles. The Morgan fingerprint density at radius 1 is 1.38 bits per heavy atom. The van der Waals surface area contributed by atoms with Crippen molar-refractivity contribution in [3.63, 3.8) is 0 Å². The third kappa shape index (κ3) is 4.06. The van der Waals surface area contributed by atoms with Gasteiger partial charge in [-0.15, -0.1) is 6.58 Å². The maximum absolute atomic E-state index is 11.6. The van der Waals surface area contributed by atoms with Gasteiger partial charge in [0.05, 0.1) is 0 Å². The van der Waals surface area contributed by atoms with Crippen molar-refractivity contribution >= 4 is 14.3 Å². The van der Waals surface area contributed by atoms with Crippen molar-refractivity contribution in [3.05, 3.63) is 42.0 Å². The van der Waals surface area contributed by atoms with Crippen LogP contribution in [0.4, 0.5) is 0 Å². The molecule has 2 rings (SSSR count). The number of allylic oxidation sites excluding steroid dienone is 1. The van der Waals surface area contributed by atoms with Crippen LogP contribution in [0.1, 0.15) is 58.6 Å². The first-order valence-corrected chi connectivity index (χ1v) is 12.4. The minimum Gasteiger partial charge on any atom is -0.543 e. The van der Waals surface area contributed by atoms with E-state index in [-0.39, 0.29) is 22.5 Å². The summed E-state index contributed by atoms with van der Waals surface area (Å²) in [5, 5.41) is 0.167. The van der Waals surface area contributed by atoms with Crippen LogP contribution in [0, 0.1) is 0 Å². The highest BCUT2D eigenvalue weighted by atomic mass is 28.4. The topological polar surface area (TPSA) is 35.5 Å². The Kier molecular flexibility index (Phi) is 5.76. The van der Waals surface area contributed by atoms with Gasteiger partial charge in [-0.2, -0.15) is 0 Å². The summed E-state index contributed by atoms with van der Waals surface area (Å²) >= 11 is 0. The van der Waals surface area contributed by atoms with Gasteiger partial charge < -0.3 is 9.16 Å². The van der Waals surface area contributed by atoms with Crippen molar-refractivity contribution in [2.45, 2.75) is 83.5 Å². The summed E-state index contributed by atoms with van der Waals surface area (Å²) in [6.45, 7) is 18.9. The maximum Gasteiger partial charge on any atom is 0.302 e. The van der Waals surface area contributed by atoms with Gasteiger partial charge in [-0.25, -0.2) is 0 Å². The summed E-state index contributed by atoms with van der Waals surface area (Å²) in [6, 6.07) is 6.44. The van der Waals surface area contributed by atoms with Gasteiger partial charge in [0, 0.05) is 12.3 Å². The smallest absolute Gasteiger partial charge is 0.302 e. The molecule has 1 aliphatic carbocycles. The zero-order chi connectivity index (χ0) is 19.8. The van der Waals surface area contributed by atoms with Gasteiger partial charge in [0.1, 0.15) is 11.9 Å². The summed E-state index contributed by atoms with van der Waals surface area (Å²) in [5.41, 5.74) is 2.31. The van der Waals surface area contributed by atoms with Gasteiger partial charge in [-0.1, -0.05) is 39.8 Å². The Bertz CT molecular complexity index is 687. The highest BCUT2D eigenvalue weighted by molar-refractivity contribution is 6.74. The predicted molar refractivity (Wildman–Crippen MR) is 110 cm³/mol. The molecule has 0 heterocycles. The first kappa shape index (κ1) is 20.8. The van der Waals surface area contributed by atoms with E-state index >= 15 is 0 Å². The zero-order valence-corrected chi connectivity index (χ0v) is 18.4. The summed E-state index contributed by atoms with van der Waals surface area (Å²) in [5.74, 6) is 0.744. The number of carbonyl (C=O) groups excluding carboxylic acids is 1. The molecule has 26 heavy (non-hydrogen) atoms. The lowest BCUT2D eigenvalue weighted by Gasteiger charge is -2.42. The fourth-order valence-electron chi connectivity index (χ4n) is 3.55. The molecule has 0 fully saturated rings. The van der Waals surface area contributed by atoms with Crippen LogP contribution in [-0.2, 0) is 21.4 Å². The Morgan fingerprint density at radius 2 is 2.04 bits per heavy atom. The van der Waals surface area contributed by atoms with E-state index in [0.717, 1.165) is 25.0 Å². The van der Waals surface area contributed by atoms with Gasteiger partial charge in [-0.3, -0.25) is 4.79 Å². The summed E-state index contributed by atoms with van der Waals surface area (Å²) in [6.07, 6.45) is 4.32. The van der Waals surface area contributed by atoms with Crippen LogP contribution in [0.15, 0.2) is 30.9 Å². The SMILES string of the molecule is C=CC[C@]1(C)c2ccc(O[Si](C)(C)C(C)(C)C)cc2CC[C@H]1OC(C)=O. The molecular weight excluding hydrogens is 340 g/mol. The molecule has 0 N–H and O–H groups in total. The van der Waals surface area contributed by atoms with Crippen LogP contribution in [0.5, 0.6) is 5.75 Å². The second-order valence-electron chi connectivity index (χ2n) is 9.23. The second-order valence-corrected chi connectivity index (χ2v) is 14.0. The lowest BCUT2D eigenvalue weighted by Crippen LogP contribution is -2.44. The van der Waals surface area contributed by atoms with Crippen molar-refractivity contribution in [2.75, 3.05) is 0 Å². The molecule has 1 aliphatic rings. The van der Waals surface area contributed by atoms with E-state index in [1.165, 1.54) is 18.1 Å². The molecule has 144 valence electrons. The number of esters is 1. The van der Waals surface area contributed by atoms with Crippen LogP contribution >= 0.6 is 0 Å². The van der Waals surface area contributed by atoms with Crippen LogP contribution in [0.25, 0.3) is 0 Å². The van der Waals surface area contributed by atoms with E-state index in [9.17, 15) is 4.79 Å². The summed E-state index contributed by atoms with van der Waals surface area (Å²) in [4.78, 5) is 11.6. The highest BCUT2D eigenvalue weighted by Crippen LogP contribution is 2.44. The lowest BCUT2D eigenvalue weighted by molar-refractivity contribution is -0.150. The highest BCUT2D eigenvalue weighted by Gasteiger charge is 2.43. The fourth-order valence-corrected chi connectivity index (χ4v) is 4.58. The molecule has 1 aromatic rings. The minimum atomic E-state index is -1.86. The Morgan fingerprint density at radius 3 is 2.58 bits per heavy atom. The van der Waals surface area contributed by atoms with Gasteiger partial charge in [0.2, 0.25) is 8.32 Å². The monoisotopic (exact) mass is 374 g/mol. The number of fused-ring (bicyclic) bond motifs is 1. The molecule has 0 saturated heterocycles. The normalized spacial score (nSPS) is 23.1. The number of ether oxygens (including phenoxy) is 1. The quantitative estimate of drug-likeness (QED) is 0.372. The average Bonchev–Trinajstić information content (AvgIpc) is 2.48. The molecule has 0 aromatic heterocycles. The summed E-state index contributed by atoms with van der Waals surface area (Å²) < 4.78 is 12.1. The van der Waals surface area contributed by atoms with Gasteiger partial charge in [0.25, 0.3) is 0 Å². The van der Waals surface area contributed by atoms with E-state index < -0.39 is 8.32 Å². The van der Waals surface area contributed by atoms with Crippen LogP contribution in [-0.4, -0.2) is 20.4 Å². The molecular formula is C22H34O3Si. The predicted octanol–water partition coefficient (Wildman–Crippen LogP) is 5.78. The molecule has 0 bridgehead atoms. The molecule has 0 aliphatic heterocycles. The third-order valence-electron chi connectivity index (χ3n) is 6.13. The third-order valence-corrected chi connectivity index (χ3v) is 10.5. The van der Waals surface area contributed by atoms with E-state index in [1.807, 2.05) is 6.08 Å². The molecule has 0 amide bonds. The van der Waals surface area contributed by atoms with Gasteiger partial charge >= 0.3 is 5.97 Å². The molecule has 3 nitrogen and oxygen atoms in total. The first-order chi connectivity index (χ1) is 11.9. The fraction of sp³-hybridized carbons (Fsp3) is 0.591. The van der Waals surface area contributed by atoms with Gasteiger partial charge in [0.15, 0.2) is 0 Å². The molecule has 2 atom stereocenters. The number of hydrogen-bond donors (Lipinski definition) is 0. The summed E-state index contributed by atoms with van der Waals surface area (Å²) in [7, 11) is -1.86. The number of benzene rings is 1. The number of rotatable bonds is 5. The van der Waals surface area contributed by atoms with Crippen LogP contribution in [0.3, 0.4) is 0 Å². The van der Waals surface area contributed by atoms with Crippen LogP contribution < -0.4 is 4.43 Å².